The Morgan fingerprint density at radius 3 is 2.60 bits per heavy atom. The largest absolute Gasteiger partial charge is 0.339 e. The highest BCUT2D eigenvalue weighted by molar-refractivity contribution is 7.89. The van der Waals surface area contributed by atoms with Crippen molar-refractivity contribution in [1.29, 1.82) is 0 Å². The van der Waals surface area contributed by atoms with Crippen LogP contribution in [0.15, 0.2) is 64.0 Å². The third kappa shape index (κ3) is 5.06. The molecule has 0 saturated heterocycles. The summed E-state index contributed by atoms with van der Waals surface area (Å²) in [5.41, 5.74) is 3.47. The van der Waals surface area contributed by atoms with Gasteiger partial charge in [0.05, 0.1) is 10.9 Å². The van der Waals surface area contributed by atoms with E-state index in [1.165, 1.54) is 11.6 Å². The normalized spacial score (nSPS) is 17.2. The minimum absolute atomic E-state index is 0.0947. The van der Waals surface area contributed by atoms with Gasteiger partial charge in [-0.15, -0.1) is 0 Å². The summed E-state index contributed by atoms with van der Waals surface area (Å²) in [6, 6.07) is 14.2. The molecule has 1 aliphatic heterocycles. The van der Waals surface area contributed by atoms with E-state index in [9.17, 15) is 13.2 Å². The van der Waals surface area contributed by atoms with Gasteiger partial charge in [0.2, 0.25) is 27.6 Å². The number of aromatic nitrogens is 2. The average Bonchev–Trinajstić information content (AvgIpc) is 3.60. The SMILES string of the molecule is Cc1ccc(-c2noc(C3CC3)n2)cc1S(=O)(=O)N[C@H](C)C(=O)N1CC=C(c2ccccc2)CC1. The van der Waals surface area contributed by atoms with Crippen LogP contribution in [0.2, 0.25) is 0 Å². The van der Waals surface area contributed by atoms with Gasteiger partial charge in [-0.25, -0.2) is 8.42 Å². The van der Waals surface area contributed by atoms with Crippen LogP contribution in [0.5, 0.6) is 0 Å². The number of benzene rings is 2. The third-order valence-electron chi connectivity index (χ3n) is 6.47. The van der Waals surface area contributed by atoms with E-state index < -0.39 is 16.1 Å². The van der Waals surface area contributed by atoms with Gasteiger partial charge >= 0.3 is 0 Å². The Balaban J connectivity index is 1.28. The second-order valence-corrected chi connectivity index (χ2v) is 10.9. The van der Waals surface area contributed by atoms with Gasteiger partial charge in [0.25, 0.3) is 0 Å². The highest BCUT2D eigenvalue weighted by atomic mass is 32.2. The molecule has 0 bridgehead atoms. The zero-order chi connectivity index (χ0) is 24.6. The lowest BCUT2D eigenvalue weighted by molar-refractivity contribution is -0.132. The standard InChI is InChI=1S/C26H28N4O4S/c1-17-8-9-22(24-27-25(34-28-24)21-10-11-21)16-23(17)35(32,33)29-18(2)26(31)30-14-12-20(13-15-30)19-6-4-3-5-7-19/h3-9,12,16,18,21,29H,10-11,13-15H2,1-2H3/t18-/m1/s1. The van der Waals surface area contributed by atoms with Gasteiger partial charge in [-0.05, 0) is 55.9 Å². The van der Waals surface area contributed by atoms with E-state index in [1.807, 2.05) is 24.3 Å². The molecular weight excluding hydrogens is 464 g/mol. The number of nitrogens with one attached hydrogen (secondary N) is 1. The molecule has 2 heterocycles. The summed E-state index contributed by atoms with van der Waals surface area (Å²) in [5, 5.41) is 4.01. The maximum atomic E-state index is 13.2. The average molecular weight is 493 g/mol. The molecule has 5 rings (SSSR count). The van der Waals surface area contributed by atoms with E-state index in [-0.39, 0.29) is 10.8 Å². The molecule has 8 nitrogen and oxygen atoms in total. The topological polar surface area (TPSA) is 105 Å². The van der Waals surface area contributed by atoms with Gasteiger partial charge in [0, 0.05) is 24.6 Å². The molecule has 35 heavy (non-hydrogen) atoms. The number of nitrogens with zero attached hydrogens (tertiary/aromatic N) is 3. The summed E-state index contributed by atoms with van der Waals surface area (Å²) in [6.07, 6.45) is 4.83. The Bertz CT molecular complexity index is 1380. The number of hydrogen-bond acceptors (Lipinski definition) is 6. The summed E-state index contributed by atoms with van der Waals surface area (Å²) in [4.78, 5) is 19.2. The smallest absolute Gasteiger partial charge is 0.241 e. The molecule has 0 spiro atoms. The van der Waals surface area contributed by atoms with Crippen molar-refractivity contribution in [2.45, 2.75) is 50.0 Å². The highest BCUT2D eigenvalue weighted by Crippen LogP contribution is 2.39. The Morgan fingerprint density at radius 1 is 1.14 bits per heavy atom. The molecule has 1 aromatic heterocycles. The molecule has 1 atom stereocenters. The van der Waals surface area contributed by atoms with Crippen LogP contribution in [0.1, 0.15) is 49.1 Å². The molecule has 1 aliphatic carbocycles. The van der Waals surface area contributed by atoms with Crippen molar-refractivity contribution in [3.63, 3.8) is 0 Å². The summed E-state index contributed by atoms with van der Waals surface area (Å²) in [5.74, 6) is 1.01. The maximum absolute atomic E-state index is 13.2. The number of carbonyl (C=O) groups is 1. The van der Waals surface area contributed by atoms with Crippen LogP contribution >= 0.6 is 0 Å². The van der Waals surface area contributed by atoms with Crippen LogP contribution in [-0.2, 0) is 14.8 Å². The lowest BCUT2D eigenvalue weighted by Crippen LogP contribution is -2.48. The van der Waals surface area contributed by atoms with E-state index in [0.29, 0.717) is 41.8 Å². The predicted molar refractivity (Wildman–Crippen MR) is 132 cm³/mol. The predicted octanol–water partition coefficient (Wildman–Crippen LogP) is 3.91. The second kappa shape index (κ2) is 9.39. The van der Waals surface area contributed by atoms with Crippen LogP contribution < -0.4 is 4.72 Å². The number of aryl methyl sites for hydroxylation is 1. The van der Waals surface area contributed by atoms with Crippen LogP contribution in [0.4, 0.5) is 0 Å². The number of amides is 1. The molecule has 1 N–H and O–H groups in total. The Labute approximate surface area is 205 Å². The summed E-state index contributed by atoms with van der Waals surface area (Å²) in [6.45, 7) is 4.29. The first-order chi connectivity index (χ1) is 16.8. The lowest BCUT2D eigenvalue weighted by atomic mass is 9.99. The summed E-state index contributed by atoms with van der Waals surface area (Å²) >= 11 is 0. The first-order valence-corrected chi connectivity index (χ1v) is 13.3. The molecule has 1 amide bonds. The molecule has 2 aliphatic rings. The fraction of sp³-hybridized carbons (Fsp3) is 0.346. The fourth-order valence-electron chi connectivity index (χ4n) is 4.28. The van der Waals surface area contributed by atoms with Crippen molar-refractivity contribution >= 4 is 21.5 Å². The zero-order valence-corrected chi connectivity index (χ0v) is 20.6. The highest BCUT2D eigenvalue weighted by Gasteiger charge is 2.31. The van der Waals surface area contributed by atoms with E-state index in [0.717, 1.165) is 24.8 Å². The van der Waals surface area contributed by atoms with Gasteiger partial charge in [0.15, 0.2) is 0 Å². The van der Waals surface area contributed by atoms with Crippen molar-refractivity contribution < 1.29 is 17.7 Å². The van der Waals surface area contributed by atoms with E-state index in [1.54, 1.807) is 30.9 Å². The number of rotatable bonds is 7. The van der Waals surface area contributed by atoms with Gasteiger partial charge in [-0.1, -0.05) is 53.7 Å². The number of sulfonamides is 1. The Hall–Kier alpha value is -3.30. The van der Waals surface area contributed by atoms with Crippen LogP contribution in [0, 0.1) is 6.92 Å². The van der Waals surface area contributed by atoms with Crippen molar-refractivity contribution in [2.24, 2.45) is 0 Å². The molecule has 3 aromatic rings. The monoisotopic (exact) mass is 492 g/mol. The minimum atomic E-state index is -3.95. The van der Waals surface area contributed by atoms with Crippen molar-refractivity contribution in [3.8, 4) is 11.4 Å². The first-order valence-electron chi connectivity index (χ1n) is 11.8. The second-order valence-electron chi connectivity index (χ2n) is 9.18. The molecule has 2 aromatic carbocycles. The maximum Gasteiger partial charge on any atom is 0.241 e. The van der Waals surface area contributed by atoms with Crippen LogP contribution in [-0.4, -0.2) is 48.5 Å². The van der Waals surface area contributed by atoms with Crippen LogP contribution in [0.3, 0.4) is 0 Å². The summed E-state index contributed by atoms with van der Waals surface area (Å²) in [7, 11) is -3.95. The number of carbonyl (C=O) groups excluding carboxylic acids is 1. The van der Waals surface area contributed by atoms with Crippen molar-refractivity contribution in [3.05, 3.63) is 71.6 Å². The molecular formula is C26H28N4O4S. The van der Waals surface area contributed by atoms with Crippen molar-refractivity contribution in [2.75, 3.05) is 13.1 Å². The quantitative estimate of drug-likeness (QED) is 0.536. The molecule has 1 saturated carbocycles. The van der Waals surface area contributed by atoms with E-state index in [4.69, 9.17) is 4.52 Å². The van der Waals surface area contributed by atoms with Gasteiger partial charge in [0.1, 0.15) is 0 Å². The van der Waals surface area contributed by atoms with E-state index in [2.05, 4.69) is 27.0 Å². The molecule has 0 unspecified atom stereocenters. The Morgan fingerprint density at radius 2 is 1.91 bits per heavy atom. The first kappa shape index (κ1) is 23.4. The molecule has 182 valence electrons. The van der Waals surface area contributed by atoms with Crippen LogP contribution in [0.25, 0.3) is 17.0 Å². The molecule has 0 radical (unpaired) electrons. The zero-order valence-electron chi connectivity index (χ0n) is 19.8. The lowest BCUT2D eigenvalue weighted by Gasteiger charge is -2.29. The van der Waals surface area contributed by atoms with Gasteiger partial charge in [-0.2, -0.15) is 9.71 Å². The fourth-order valence-corrected chi connectivity index (χ4v) is 5.75. The Kier molecular flexibility index (Phi) is 6.29. The summed E-state index contributed by atoms with van der Waals surface area (Å²) < 4.78 is 34.4. The number of hydrogen-bond donors (Lipinski definition) is 1. The van der Waals surface area contributed by atoms with Crippen molar-refractivity contribution in [1.82, 2.24) is 19.8 Å². The minimum Gasteiger partial charge on any atom is -0.339 e. The third-order valence-corrected chi connectivity index (χ3v) is 8.15. The van der Waals surface area contributed by atoms with Gasteiger partial charge < -0.3 is 9.42 Å². The van der Waals surface area contributed by atoms with Gasteiger partial charge in [-0.3, -0.25) is 4.79 Å². The molecule has 1 fully saturated rings. The molecule has 9 heteroatoms. The van der Waals surface area contributed by atoms with E-state index >= 15 is 0 Å².